The molecule has 0 saturated carbocycles. The molecule has 4 rings (SSSR count). The van der Waals surface area contributed by atoms with Crippen LogP contribution in [-0.4, -0.2) is 106 Å². The number of fused-ring (bicyclic) bond motifs is 3. The highest BCUT2D eigenvalue weighted by Crippen LogP contribution is 2.37. The number of hydrogen-bond acceptors (Lipinski definition) is 9. The summed E-state index contributed by atoms with van der Waals surface area (Å²) in [5.74, 6) is 0.992. The van der Waals surface area contributed by atoms with Crippen LogP contribution >= 0.6 is 11.8 Å². The van der Waals surface area contributed by atoms with E-state index in [9.17, 15) is 24.5 Å². The maximum Gasteiger partial charge on any atom is 0.290 e. The summed E-state index contributed by atoms with van der Waals surface area (Å²) in [7, 11) is 0. The van der Waals surface area contributed by atoms with Gasteiger partial charge in [0.15, 0.2) is 0 Å². The van der Waals surface area contributed by atoms with Crippen LogP contribution in [0.2, 0.25) is 0 Å². The molecule has 3 saturated heterocycles. The van der Waals surface area contributed by atoms with Gasteiger partial charge in [0.05, 0.1) is 12.1 Å². The Balaban J connectivity index is 0.00000134. The van der Waals surface area contributed by atoms with E-state index in [-0.39, 0.29) is 30.3 Å². The van der Waals surface area contributed by atoms with Gasteiger partial charge in [0, 0.05) is 18.4 Å². The molecule has 6 N–H and O–H groups in total. The lowest BCUT2D eigenvalue weighted by molar-refractivity contribution is -0.207. The van der Waals surface area contributed by atoms with Gasteiger partial charge in [-0.3, -0.25) is 9.59 Å². The van der Waals surface area contributed by atoms with Crippen LogP contribution in [0.4, 0.5) is 4.39 Å². The third kappa shape index (κ3) is 8.15. The molecule has 4 heterocycles. The number of aliphatic hydroxyl groups excluding tert-OH is 3. The van der Waals surface area contributed by atoms with Gasteiger partial charge >= 0.3 is 0 Å². The normalized spacial score (nSPS) is 43.3. The van der Waals surface area contributed by atoms with Crippen molar-refractivity contribution in [2.24, 2.45) is 23.7 Å². The molecule has 3 fully saturated rings. The monoisotopic (exact) mass is 576 g/mol. The van der Waals surface area contributed by atoms with E-state index in [2.05, 4.69) is 24.5 Å². The molecule has 1 amide bonds. The number of carbonyl (C=O) groups is 2. The Hall–Kier alpha value is -1.28. The van der Waals surface area contributed by atoms with E-state index in [0.29, 0.717) is 31.4 Å². The van der Waals surface area contributed by atoms with Crippen molar-refractivity contribution >= 4 is 24.1 Å². The number of allylic oxidation sites excluding steroid dienone is 1. The third-order valence-electron chi connectivity index (χ3n) is 8.13. The van der Waals surface area contributed by atoms with Crippen molar-refractivity contribution in [2.45, 2.75) is 99.7 Å². The molecule has 4 aliphatic rings. The minimum Gasteiger partial charge on any atom is -0.483 e. The van der Waals surface area contributed by atoms with Gasteiger partial charge in [-0.25, -0.2) is 4.39 Å². The van der Waals surface area contributed by atoms with Gasteiger partial charge in [-0.05, 0) is 49.4 Å². The number of hydrogen-bond donors (Lipinski definition) is 6. The number of amides is 1. The van der Waals surface area contributed by atoms with Crippen molar-refractivity contribution in [3.63, 3.8) is 0 Å². The highest BCUT2D eigenvalue weighted by atomic mass is 32.2. The molecule has 0 aromatic heterocycles. The summed E-state index contributed by atoms with van der Waals surface area (Å²) in [5.41, 5.74) is -0.913. The van der Waals surface area contributed by atoms with Gasteiger partial charge in [0.25, 0.3) is 6.47 Å². The first-order chi connectivity index (χ1) is 18.6. The maximum absolute atomic E-state index is 13.6. The second-order valence-electron chi connectivity index (χ2n) is 11.5. The molecule has 0 aromatic rings. The summed E-state index contributed by atoms with van der Waals surface area (Å²) < 4.78 is 25.8. The molecule has 4 aliphatic heterocycles. The summed E-state index contributed by atoms with van der Waals surface area (Å²) in [4.78, 5) is 21.9. The smallest absolute Gasteiger partial charge is 0.290 e. The average molecular weight is 577 g/mol. The third-order valence-corrected chi connectivity index (χ3v) is 9.49. The Morgan fingerprint density at radius 1 is 1.23 bits per heavy atom. The fourth-order valence-electron chi connectivity index (χ4n) is 6.23. The first kappa shape index (κ1) is 32.2. The van der Waals surface area contributed by atoms with Crippen molar-refractivity contribution in [2.75, 3.05) is 19.8 Å². The zero-order chi connectivity index (χ0) is 28.7. The van der Waals surface area contributed by atoms with E-state index in [0.717, 1.165) is 31.0 Å². The Morgan fingerprint density at radius 3 is 2.62 bits per heavy atom. The fourth-order valence-corrected chi connectivity index (χ4v) is 7.42. The van der Waals surface area contributed by atoms with Crippen LogP contribution in [0.1, 0.15) is 46.5 Å². The van der Waals surface area contributed by atoms with E-state index in [1.54, 1.807) is 0 Å². The lowest BCUT2D eigenvalue weighted by Gasteiger charge is -2.45. The molecule has 0 aliphatic carbocycles. The highest BCUT2D eigenvalue weighted by Gasteiger charge is 2.50. The molecule has 12 heteroatoms. The summed E-state index contributed by atoms with van der Waals surface area (Å²) in [6.07, 6.45) is 1.98. The molecular weight excluding hydrogens is 531 g/mol. The predicted octanol–water partition coefficient (Wildman–Crippen LogP) is 1.08. The van der Waals surface area contributed by atoms with Crippen molar-refractivity contribution in [3.8, 4) is 0 Å². The van der Waals surface area contributed by atoms with Gasteiger partial charge in [-0.1, -0.05) is 32.9 Å². The molecule has 0 radical (unpaired) electrons. The molecule has 39 heavy (non-hydrogen) atoms. The summed E-state index contributed by atoms with van der Waals surface area (Å²) >= 11 is 1.11. The largest absolute Gasteiger partial charge is 0.483 e. The topological polar surface area (TPSA) is 158 Å². The zero-order valence-electron chi connectivity index (χ0n) is 22.9. The second kappa shape index (κ2) is 15.1. The molecule has 10 nitrogen and oxygen atoms in total. The van der Waals surface area contributed by atoms with Crippen LogP contribution in [-0.2, 0) is 19.1 Å². The zero-order valence-corrected chi connectivity index (χ0v) is 23.7. The van der Waals surface area contributed by atoms with Crippen LogP contribution in [0.15, 0.2) is 12.2 Å². The van der Waals surface area contributed by atoms with Crippen LogP contribution in [0.3, 0.4) is 0 Å². The van der Waals surface area contributed by atoms with Gasteiger partial charge in [-0.2, -0.15) is 0 Å². The quantitative estimate of drug-likeness (QED) is 0.207. The van der Waals surface area contributed by atoms with Crippen molar-refractivity contribution in [3.05, 3.63) is 12.2 Å². The standard InChI is InChI=1S/C26H43FN2O6S.CH2O2/c1-13(2)9-15-7-8-34-23-16(10-15)12-28-19(23)25(33)29-18-14(3)5-4-6-17(11-27)36-26-22(32)20(30)21(31)24(18)35-26;2-1-3/h4-5,13-24,26,28,30-32H,6-12H2,1-3H3,(H,29,33);1H,(H,2,3)/b5-4-;/t14-,15+,16+,17+,18-,19+,20+,21-,22-,23-,24-,26-;/m1./s1. The molecule has 12 atom stereocenters. The molecular formula is C27H45FN2O8S. The SMILES string of the molecule is CC(C)C[C@@H]1CCO[C@@H]2[C@H](CN[C@@H]2C(=O)N[C@H]2[C@H]3O[C@H](S[C@H](CF)C/C=C\[C@H]2C)[C@H](O)[C@@H](O)[C@H]3O)C1.O=CO. The van der Waals surface area contributed by atoms with E-state index >= 15 is 0 Å². The van der Waals surface area contributed by atoms with Crippen LogP contribution in [0, 0.1) is 23.7 Å². The molecule has 0 unspecified atom stereocenters. The van der Waals surface area contributed by atoms with Crippen LogP contribution < -0.4 is 10.6 Å². The lowest BCUT2D eigenvalue weighted by Crippen LogP contribution is -2.65. The number of halogens is 1. The van der Waals surface area contributed by atoms with Crippen LogP contribution in [0.5, 0.6) is 0 Å². The number of nitrogens with one attached hydrogen (secondary N) is 2. The summed E-state index contributed by atoms with van der Waals surface area (Å²) in [5, 5.41) is 44.7. The Bertz CT molecular complexity index is 823. The number of carbonyl (C=O) groups excluding carboxylic acids is 1. The van der Waals surface area contributed by atoms with Crippen molar-refractivity contribution < 1.29 is 43.9 Å². The van der Waals surface area contributed by atoms with E-state index in [4.69, 9.17) is 19.4 Å². The van der Waals surface area contributed by atoms with Gasteiger partial charge in [-0.15, -0.1) is 11.8 Å². The lowest BCUT2D eigenvalue weighted by atomic mass is 9.85. The van der Waals surface area contributed by atoms with Crippen molar-refractivity contribution in [1.82, 2.24) is 10.6 Å². The fraction of sp³-hybridized carbons (Fsp3) is 0.852. The van der Waals surface area contributed by atoms with Gasteiger partial charge < -0.3 is 40.5 Å². The highest BCUT2D eigenvalue weighted by molar-refractivity contribution is 8.00. The van der Waals surface area contributed by atoms with Crippen LogP contribution in [0.25, 0.3) is 0 Å². The minimum atomic E-state index is -1.46. The first-order valence-corrected chi connectivity index (χ1v) is 14.9. The summed E-state index contributed by atoms with van der Waals surface area (Å²) in [6, 6.07) is -1.17. The Morgan fingerprint density at radius 2 is 1.95 bits per heavy atom. The number of thioether (sulfide) groups is 1. The number of ether oxygens (including phenoxy) is 2. The van der Waals surface area contributed by atoms with E-state index < -0.39 is 53.9 Å². The molecule has 224 valence electrons. The number of aliphatic hydroxyl groups is 3. The predicted molar refractivity (Wildman–Crippen MR) is 145 cm³/mol. The van der Waals surface area contributed by atoms with E-state index in [1.807, 2.05) is 19.1 Å². The Labute approximate surface area is 234 Å². The van der Waals surface area contributed by atoms with Crippen molar-refractivity contribution in [1.29, 1.82) is 0 Å². The summed E-state index contributed by atoms with van der Waals surface area (Å²) in [6.45, 7) is 6.86. The number of alkyl halides is 1. The molecule has 0 spiro atoms. The number of rotatable bonds is 5. The average Bonchev–Trinajstić information content (AvgIpc) is 3.18. The van der Waals surface area contributed by atoms with E-state index in [1.165, 1.54) is 0 Å². The maximum atomic E-state index is 13.6. The molecule has 2 bridgehead atoms. The first-order valence-electron chi connectivity index (χ1n) is 13.9. The minimum absolute atomic E-state index is 0.217. The number of carboxylic acid groups (broad SMARTS) is 1. The van der Waals surface area contributed by atoms with Gasteiger partial charge in [0.2, 0.25) is 5.91 Å². The Kier molecular flexibility index (Phi) is 12.5. The second-order valence-corrected chi connectivity index (χ2v) is 12.9. The van der Waals surface area contributed by atoms with Gasteiger partial charge in [0.1, 0.15) is 42.6 Å². The molecule has 0 aromatic carbocycles.